The molecule has 5 nitrogen and oxygen atoms in total. The van der Waals surface area contributed by atoms with Gasteiger partial charge in [0.05, 0.1) is 6.10 Å². The molecule has 1 saturated heterocycles. The van der Waals surface area contributed by atoms with Gasteiger partial charge >= 0.3 is 0 Å². The maximum atomic E-state index is 12.5. The summed E-state index contributed by atoms with van der Waals surface area (Å²) in [6, 6.07) is 0.143. The standard InChI is InChI=1S/C15H26N2O3/c1-5-15(6-2)10(9-11(15)20-4)16-13(19)14(3)8-7-12(18)17-14/h10-11H,5-9H2,1-4H3,(H,16,19)(H,17,18). The van der Waals surface area contributed by atoms with Gasteiger partial charge in [0, 0.05) is 25.0 Å². The van der Waals surface area contributed by atoms with E-state index in [-0.39, 0.29) is 29.4 Å². The average molecular weight is 282 g/mol. The fourth-order valence-electron chi connectivity index (χ4n) is 3.76. The Labute approximate surface area is 120 Å². The smallest absolute Gasteiger partial charge is 0.245 e. The number of methoxy groups -OCH3 is 1. The summed E-state index contributed by atoms with van der Waals surface area (Å²) in [5, 5.41) is 5.93. The lowest BCUT2D eigenvalue weighted by Gasteiger charge is -2.55. The third-order valence-electron chi connectivity index (χ3n) is 5.46. The van der Waals surface area contributed by atoms with Crippen molar-refractivity contribution in [1.82, 2.24) is 10.6 Å². The van der Waals surface area contributed by atoms with Crippen LogP contribution in [-0.4, -0.2) is 36.6 Å². The summed E-state index contributed by atoms with van der Waals surface area (Å²) >= 11 is 0. The molecule has 5 heteroatoms. The van der Waals surface area contributed by atoms with E-state index in [1.54, 1.807) is 14.0 Å². The van der Waals surface area contributed by atoms with Gasteiger partial charge in [-0.3, -0.25) is 9.59 Å². The van der Waals surface area contributed by atoms with Crippen LogP contribution in [0.1, 0.15) is 52.9 Å². The summed E-state index contributed by atoms with van der Waals surface area (Å²) in [7, 11) is 1.74. The van der Waals surface area contributed by atoms with E-state index in [2.05, 4.69) is 24.5 Å². The Morgan fingerprint density at radius 3 is 2.55 bits per heavy atom. The van der Waals surface area contributed by atoms with Gasteiger partial charge in [-0.1, -0.05) is 13.8 Å². The van der Waals surface area contributed by atoms with Crippen LogP contribution in [0.25, 0.3) is 0 Å². The normalized spacial score (nSPS) is 35.3. The molecule has 3 atom stereocenters. The minimum atomic E-state index is -0.748. The van der Waals surface area contributed by atoms with Gasteiger partial charge in [0.15, 0.2) is 0 Å². The zero-order chi connectivity index (χ0) is 15.0. The van der Waals surface area contributed by atoms with Crippen LogP contribution in [0.5, 0.6) is 0 Å². The number of amides is 2. The zero-order valence-electron chi connectivity index (χ0n) is 12.9. The highest BCUT2D eigenvalue weighted by Crippen LogP contribution is 2.48. The third-order valence-corrected chi connectivity index (χ3v) is 5.46. The molecule has 2 aliphatic rings. The van der Waals surface area contributed by atoms with Crippen molar-refractivity contribution in [2.24, 2.45) is 5.41 Å². The Bertz CT molecular complexity index is 406. The predicted octanol–water partition coefficient (Wildman–Crippen LogP) is 1.36. The fraction of sp³-hybridized carbons (Fsp3) is 0.867. The molecule has 20 heavy (non-hydrogen) atoms. The third kappa shape index (κ3) is 2.22. The van der Waals surface area contributed by atoms with Gasteiger partial charge in [-0.15, -0.1) is 0 Å². The molecular weight excluding hydrogens is 256 g/mol. The van der Waals surface area contributed by atoms with Crippen LogP contribution in [0.2, 0.25) is 0 Å². The van der Waals surface area contributed by atoms with Gasteiger partial charge < -0.3 is 15.4 Å². The number of nitrogens with one attached hydrogen (secondary N) is 2. The molecule has 0 aromatic heterocycles. The Hall–Kier alpha value is -1.10. The number of hydrogen-bond donors (Lipinski definition) is 2. The van der Waals surface area contributed by atoms with Gasteiger partial charge in [-0.05, 0) is 32.6 Å². The maximum absolute atomic E-state index is 12.5. The topological polar surface area (TPSA) is 67.4 Å². The first-order valence-electron chi connectivity index (χ1n) is 7.56. The van der Waals surface area contributed by atoms with Crippen LogP contribution >= 0.6 is 0 Å². The van der Waals surface area contributed by atoms with Gasteiger partial charge in [0.25, 0.3) is 0 Å². The quantitative estimate of drug-likeness (QED) is 0.800. The summed E-state index contributed by atoms with van der Waals surface area (Å²) in [6.45, 7) is 6.10. The Balaban J connectivity index is 2.03. The lowest BCUT2D eigenvalue weighted by atomic mass is 9.58. The molecule has 2 rings (SSSR count). The fourth-order valence-corrected chi connectivity index (χ4v) is 3.76. The Morgan fingerprint density at radius 1 is 1.45 bits per heavy atom. The molecule has 1 saturated carbocycles. The van der Waals surface area contributed by atoms with Crippen molar-refractivity contribution in [3.8, 4) is 0 Å². The van der Waals surface area contributed by atoms with E-state index in [1.807, 2.05) is 0 Å². The second-order valence-corrected chi connectivity index (χ2v) is 6.31. The molecule has 0 spiro atoms. The van der Waals surface area contributed by atoms with Gasteiger partial charge in [0.2, 0.25) is 11.8 Å². The van der Waals surface area contributed by atoms with Crippen LogP contribution < -0.4 is 10.6 Å². The molecular formula is C15H26N2O3. The molecule has 1 heterocycles. The monoisotopic (exact) mass is 282 g/mol. The molecule has 2 N–H and O–H groups in total. The van der Waals surface area contributed by atoms with Crippen LogP contribution in [0, 0.1) is 5.41 Å². The van der Waals surface area contributed by atoms with Crippen LogP contribution in [0.3, 0.4) is 0 Å². The number of carbonyl (C=O) groups excluding carboxylic acids is 2. The number of ether oxygens (including phenoxy) is 1. The van der Waals surface area contributed by atoms with Crippen molar-refractivity contribution >= 4 is 11.8 Å². The van der Waals surface area contributed by atoms with Crippen molar-refractivity contribution in [2.45, 2.75) is 70.6 Å². The Kier molecular flexibility index (Phi) is 4.09. The molecule has 0 bridgehead atoms. The molecule has 1 aliphatic carbocycles. The first-order valence-corrected chi connectivity index (χ1v) is 7.56. The summed E-state index contributed by atoms with van der Waals surface area (Å²) in [5.74, 6) is -0.0996. The van der Waals surface area contributed by atoms with E-state index >= 15 is 0 Å². The molecule has 0 aromatic carbocycles. The van der Waals surface area contributed by atoms with Crippen molar-refractivity contribution in [3.05, 3.63) is 0 Å². The zero-order valence-corrected chi connectivity index (χ0v) is 12.9. The van der Waals surface area contributed by atoms with Crippen molar-refractivity contribution in [2.75, 3.05) is 7.11 Å². The van der Waals surface area contributed by atoms with Crippen molar-refractivity contribution in [1.29, 1.82) is 0 Å². The van der Waals surface area contributed by atoms with Crippen LogP contribution in [0.15, 0.2) is 0 Å². The maximum Gasteiger partial charge on any atom is 0.245 e. The highest BCUT2D eigenvalue weighted by atomic mass is 16.5. The van der Waals surface area contributed by atoms with E-state index in [1.165, 1.54) is 0 Å². The summed E-state index contributed by atoms with van der Waals surface area (Å²) < 4.78 is 5.54. The minimum absolute atomic E-state index is 0.0311. The van der Waals surface area contributed by atoms with Crippen molar-refractivity contribution in [3.63, 3.8) is 0 Å². The highest BCUT2D eigenvalue weighted by molar-refractivity contribution is 5.94. The molecule has 1 aliphatic heterocycles. The number of rotatable bonds is 5. The lowest BCUT2D eigenvalue weighted by Crippen LogP contribution is -2.67. The Morgan fingerprint density at radius 2 is 2.10 bits per heavy atom. The second-order valence-electron chi connectivity index (χ2n) is 6.31. The van der Waals surface area contributed by atoms with E-state index in [0.29, 0.717) is 12.8 Å². The molecule has 3 unspecified atom stereocenters. The minimum Gasteiger partial charge on any atom is -0.381 e. The number of hydrogen-bond acceptors (Lipinski definition) is 3. The second kappa shape index (κ2) is 5.35. The number of carbonyl (C=O) groups is 2. The summed E-state index contributed by atoms with van der Waals surface area (Å²) in [4.78, 5) is 23.8. The van der Waals surface area contributed by atoms with Crippen LogP contribution in [-0.2, 0) is 14.3 Å². The van der Waals surface area contributed by atoms with E-state index < -0.39 is 5.54 Å². The van der Waals surface area contributed by atoms with E-state index in [0.717, 1.165) is 19.3 Å². The van der Waals surface area contributed by atoms with Gasteiger partial charge in [-0.2, -0.15) is 0 Å². The van der Waals surface area contributed by atoms with Crippen molar-refractivity contribution < 1.29 is 14.3 Å². The van der Waals surface area contributed by atoms with Gasteiger partial charge in [0.1, 0.15) is 5.54 Å². The SMILES string of the molecule is CCC1(CC)C(NC(=O)C2(C)CCC(=O)N2)CC1OC. The first kappa shape index (κ1) is 15.3. The van der Waals surface area contributed by atoms with Crippen LogP contribution in [0.4, 0.5) is 0 Å². The summed E-state index contributed by atoms with van der Waals surface area (Å²) in [5.41, 5.74) is -0.716. The molecule has 114 valence electrons. The molecule has 2 fully saturated rings. The first-order chi connectivity index (χ1) is 9.41. The van der Waals surface area contributed by atoms with Gasteiger partial charge in [-0.25, -0.2) is 0 Å². The predicted molar refractivity (Wildman–Crippen MR) is 76.1 cm³/mol. The van der Waals surface area contributed by atoms with E-state index in [9.17, 15) is 9.59 Å². The van der Waals surface area contributed by atoms with E-state index in [4.69, 9.17) is 4.74 Å². The largest absolute Gasteiger partial charge is 0.381 e. The lowest BCUT2D eigenvalue weighted by molar-refractivity contribution is -0.145. The summed E-state index contributed by atoms with van der Waals surface area (Å²) in [6.07, 6.45) is 4.04. The molecule has 2 amide bonds. The molecule has 0 radical (unpaired) electrons. The molecule has 0 aromatic rings. The average Bonchev–Trinajstić information content (AvgIpc) is 2.76. The highest BCUT2D eigenvalue weighted by Gasteiger charge is 2.54.